The molecule has 0 N–H and O–H groups in total. The van der Waals surface area contributed by atoms with E-state index in [9.17, 15) is 9.59 Å². The first-order chi connectivity index (χ1) is 10.1. The van der Waals surface area contributed by atoms with Gasteiger partial charge in [0.1, 0.15) is 0 Å². The maximum atomic E-state index is 12.9. The second kappa shape index (κ2) is 5.82. The van der Waals surface area contributed by atoms with E-state index < -0.39 is 0 Å². The summed E-state index contributed by atoms with van der Waals surface area (Å²) >= 11 is 0. The fraction of sp³-hybridized carbons (Fsp3) is 0.789. The van der Waals surface area contributed by atoms with E-state index in [-0.39, 0.29) is 34.4 Å². The predicted octanol–water partition coefficient (Wildman–Crippen LogP) is 4.16. The Bertz CT molecular complexity index is 501. The van der Waals surface area contributed by atoms with Crippen molar-refractivity contribution in [1.29, 1.82) is 0 Å². The zero-order valence-corrected chi connectivity index (χ0v) is 14.9. The summed E-state index contributed by atoms with van der Waals surface area (Å²) in [5.41, 5.74) is 0.616. The summed E-state index contributed by atoms with van der Waals surface area (Å²) in [7, 11) is 0. The quantitative estimate of drug-likeness (QED) is 0.566. The first-order valence-electron chi connectivity index (χ1n) is 8.58. The Balaban J connectivity index is 2.33. The minimum absolute atomic E-state index is 0.00699. The molecule has 0 saturated heterocycles. The molecule has 3 nitrogen and oxygen atoms in total. The molecule has 0 unspecified atom stereocenters. The van der Waals surface area contributed by atoms with E-state index in [0.717, 1.165) is 24.8 Å². The topological polar surface area (TPSA) is 43.4 Å². The highest BCUT2D eigenvalue weighted by atomic mass is 16.5. The number of rotatable bonds is 5. The van der Waals surface area contributed by atoms with E-state index in [1.54, 1.807) is 0 Å². The molecule has 22 heavy (non-hydrogen) atoms. The molecule has 2 bridgehead atoms. The Morgan fingerprint density at radius 3 is 2.45 bits per heavy atom. The number of hydrogen-bond donors (Lipinski definition) is 0. The van der Waals surface area contributed by atoms with Gasteiger partial charge in [0.2, 0.25) is 0 Å². The minimum Gasteiger partial charge on any atom is -0.466 e. The molecule has 2 rings (SSSR count). The summed E-state index contributed by atoms with van der Waals surface area (Å²) in [5, 5.41) is 0. The fourth-order valence-electron chi connectivity index (χ4n) is 4.33. The van der Waals surface area contributed by atoms with Gasteiger partial charge in [-0.2, -0.15) is 0 Å². The van der Waals surface area contributed by atoms with Crippen LogP contribution in [0, 0.1) is 28.6 Å². The summed E-state index contributed by atoms with van der Waals surface area (Å²) in [4.78, 5) is 25.1. The average Bonchev–Trinajstić information content (AvgIpc) is 2.72. The zero-order chi connectivity index (χ0) is 16.7. The van der Waals surface area contributed by atoms with Gasteiger partial charge in [-0.05, 0) is 49.0 Å². The van der Waals surface area contributed by atoms with Crippen molar-refractivity contribution in [3.05, 3.63) is 11.6 Å². The first-order valence-corrected chi connectivity index (χ1v) is 8.58. The van der Waals surface area contributed by atoms with Gasteiger partial charge in [-0.3, -0.25) is 9.59 Å². The molecule has 0 heterocycles. The van der Waals surface area contributed by atoms with E-state index in [1.165, 1.54) is 0 Å². The predicted molar refractivity (Wildman–Crippen MR) is 87.3 cm³/mol. The Kier molecular flexibility index (Phi) is 4.56. The SMILES string of the molecule is CCOC(=O)[C@H](/C=C1\C(=O)[C@]2(C)CC[C@@H]1C2(C)C)CC(C)C. The number of esters is 1. The molecule has 3 atom stereocenters. The molecule has 2 saturated carbocycles. The highest BCUT2D eigenvalue weighted by molar-refractivity contribution is 6.05. The number of fused-ring (bicyclic) bond motifs is 2. The van der Waals surface area contributed by atoms with Crippen molar-refractivity contribution in [3.63, 3.8) is 0 Å². The fourth-order valence-corrected chi connectivity index (χ4v) is 4.33. The molecule has 0 amide bonds. The third kappa shape index (κ3) is 2.53. The molecular formula is C19H30O3. The van der Waals surface area contributed by atoms with Crippen LogP contribution < -0.4 is 0 Å². The van der Waals surface area contributed by atoms with Gasteiger partial charge in [0.05, 0.1) is 12.5 Å². The van der Waals surface area contributed by atoms with Crippen molar-refractivity contribution < 1.29 is 14.3 Å². The van der Waals surface area contributed by atoms with Crippen LogP contribution in [-0.4, -0.2) is 18.4 Å². The summed E-state index contributed by atoms with van der Waals surface area (Å²) in [5.74, 6) is 0.448. The van der Waals surface area contributed by atoms with Crippen molar-refractivity contribution in [3.8, 4) is 0 Å². The number of ketones is 1. The molecule has 0 spiro atoms. The number of carbonyl (C=O) groups excluding carboxylic acids is 2. The van der Waals surface area contributed by atoms with E-state index in [2.05, 4.69) is 34.6 Å². The van der Waals surface area contributed by atoms with Crippen LogP contribution in [0.5, 0.6) is 0 Å². The van der Waals surface area contributed by atoms with Crippen molar-refractivity contribution in [1.82, 2.24) is 0 Å². The van der Waals surface area contributed by atoms with Gasteiger partial charge in [-0.1, -0.05) is 40.7 Å². The van der Waals surface area contributed by atoms with Gasteiger partial charge >= 0.3 is 5.97 Å². The molecule has 3 heteroatoms. The van der Waals surface area contributed by atoms with Gasteiger partial charge < -0.3 is 4.74 Å². The number of ether oxygens (including phenoxy) is 1. The molecule has 0 radical (unpaired) electrons. The van der Waals surface area contributed by atoms with E-state index >= 15 is 0 Å². The van der Waals surface area contributed by atoms with Crippen molar-refractivity contribution in [2.75, 3.05) is 6.61 Å². The number of Topliss-reactive ketones (excluding diaryl/α,β-unsaturated/α-hetero) is 1. The second-order valence-corrected chi connectivity index (χ2v) is 8.08. The van der Waals surface area contributed by atoms with E-state index in [1.807, 2.05) is 13.0 Å². The number of carbonyl (C=O) groups is 2. The van der Waals surface area contributed by atoms with Crippen LogP contribution in [0.3, 0.4) is 0 Å². The Hall–Kier alpha value is -1.12. The van der Waals surface area contributed by atoms with Crippen molar-refractivity contribution in [2.45, 2.75) is 60.8 Å². The highest BCUT2D eigenvalue weighted by Crippen LogP contribution is 2.65. The largest absolute Gasteiger partial charge is 0.466 e. The summed E-state index contributed by atoms with van der Waals surface area (Å²) in [6, 6.07) is 0. The lowest BCUT2D eigenvalue weighted by Gasteiger charge is -2.31. The summed E-state index contributed by atoms with van der Waals surface area (Å²) < 4.78 is 5.21. The average molecular weight is 306 g/mol. The standard InChI is InChI=1S/C19H30O3/c1-7-22-17(21)13(10-12(2)3)11-14-15-8-9-19(6,16(14)20)18(15,4)5/h11-13,15H,7-10H2,1-6H3/b14-11-/t13-,15-,19-/m0/s1. The van der Waals surface area contributed by atoms with Gasteiger partial charge in [0, 0.05) is 5.41 Å². The lowest BCUT2D eigenvalue weighted by Crippen LogP contribution is -2.32. The molecule has 2 aliphatic rings. The third-order valence-electron chi connectivity index (χ3n) is 6.06. The molecule has 2 aliphatic carbocycles. The van der Waals surface area contributed by atoms with Crippen LogP contribution in [-0.2, 0) is 14.3 Å². The van der Waals surface area contributed by atoms with Gasteiger partial charge in [0.15, 0.2) is 5.78 Å². The molecular weight excluding hydrogens is 276 g/mol. The first kappa shape index (κ1) is 17.2. The minimum atomic E-state index is -0.294. The van der Waals surface area contributed by atoms with Crippen LogP contribution in [0.15, 0.2) is 11.6 Å². The van der Waals surface area contributed by atoms with E-state index in [0.29, 0.717) is 12.5 Å². The molecule has 2 fully saturated rings. The van der Waals surface area contributed by atoms with Gasteiger partial charge in [-0.25, -0.2) is 0 Å². The van der Waals surface area contributed by atoms with Crippen LogP contribution in [0.4, 0.5) is 0 Å². The van der Waals surface area contributed by atoms with Crippen molar-refractivity contribution in [2.24, 2.45) is 28.6 Å². The van der Waals surface area contributed by atoms with E-state index in [4.69, 9.17) is 4.74 Å². The normalized spacial score (nSPS) is 32.8. The molecule has 124 valence electrons. The second-order valence-electron chi connectivity index (χ2n) is 8.08. The highest BCUT2D eigenvalue weighted by Gasteiger charge is 2.63. The monoisotopic (exact) mass is 306 g/mol. The maximum absolute atomic E-state index is 12.9. The third-order valence-corrected chi connectivity index (χ3v) is 6.06. The summed E-state index contributed by atoms with van der Waals surface area (Å²) in [6.07, 6.45) is 4.70. The van der Waals surface area contributed by atoms with Crippen molar-refractivity contribution >= 4 is 11.8 Å². The van der Waals surface area contributed by atoms with Gasteiger partial charge in [-0.15, -0.1) is 0 Å². The molecule has 0 aromatic rings. The Morgan fingerprint density at radius 1 is 1.36 bits per heavy atom. The Labute approximate surface area is 134 Å². The van der Waals surface area contributed by atoms with Crippen LogP contribution in [0.25, 0.3) is 0 Å². The van der Waals surface area contributed by atoms with Crippen LogP contribution >= 0.6 is 0 Å². The maximum Gasteiger partial charge on any atom is 0.312 e. The lowest BCUT2D eigenvalue weighted by atomic mass is 9.70. The smallest absolute Gasteiger partial charge is 0.312 e. The zero-order valence-electron chi connectivity index (χ0n) is 14.9. The summed E-state index contributed by atoms with van der Waals surface area (Å²) in [6.45, 7) is 12.9. The Morgan fingerprint density at radius 2 is 2.00 bits per heavy atom. The molecule has 0 aliphatic heterocycles. The van der Waals surface area contributed by atoms with Crippen LogP contribution in [0.2, 0.25) is 0 Å². The number of hydrogen-bond acceptors (Lipinski definition) is 3. The molecule has 0 aromatic carbocycles. The van der Waals surface area contributed by atoms with Gasteiger partial charge in [0.25, 0.3) is 0 Å². The number of allylic oxidation sites excluding steroid dienone is 1. The molecule has 0 aromatic heterocycles. The lowest BCUT2D eigenvalue weighted by molar-refractivity contribution is -0.146. The van der Waals surface area contributed by atoms with Crippen LogP contribution in [0.1, 0.15) is 60.8 Å².